The van der Waals surface area contributed by atoms with Gasteiger partial charge in [0.15, 0.2) is 0 Å². The summed E-state index contributed by atoms with van der Waals surface area (Å²) in [5, 5.41) is 0. The maximum Gasteiger partial charge on any atom is 0.421 e. The summed E-state index contributed by atoms with van der Waals surface area (Å²) in [5.41, 5.74) is -2.14. The van der Waals surface area contributed by atoms with E-state index in [-0.39, 0.29) is 11.4 Å². The molecule has 0 aliphatic rings. The maximum atomic E-state index is 12.1. The molecule has 1 rings (SSSR count). The highest BCUT2D eigenvalue weighted by molar-refractivity contribution is 6.17. The van der Waals surface area contributed by atoms with E-state index >= 15 is 0 Å². The normalized spacial score (nSPS) is 11.7. The van der Waals surface area contributed by atoms with E-state index in [1.54, 1.807) is 0 Å². The number of aromatic nitrogens is 1. The molecular weight excluding hydrogens is 207 g/mol. The van der Waals surface area contributed by atoms with Crippen LogP contribution < -0.4 is 5.56 Å². The lowest BCUT2D eigenvalue weighted by molar-refractivity contribution is -0.138. The van der Waals surface area contributed by atoms with Crippen LogP contribution in [-0.4, -0.2) is 4.98 Å². The Labute approximate surface area is 76.3 Å². The number of nitrogens with one attached hydrogen (secondary N) is 1. The van der Waals surface area contributed by atoms with Crippen molar-refractivity contribution in [2.75, 3.05) is 0 Å². The molecule has 0 fully saturated rings. The topological polar surface area (TPSA) is 32.9 Å². The van der Waals surface area contributed by atoms with Crippen molar-refractivity contribution in [3.63, 3.8) is 0 Å². The number of halogens is 4. The Morgan fingerprint density at radius 3 is 2.54 bits per heavy atom. The molecule has 1 aromatic rings. The number of pyridine rings is 1. The number of hydrogen-bond donors (Lipinski definition) is 1. The van der Waals surface area contributed by atoms with Gasteiger partial charge in [-0.15, -0.1) is 11.6 Å². The lowest BCUT2D eigenvalue weighted by Crippen LogP contribution is -2.21. The van der Waals surface area contributed by atoms with Crippen molar-refractivity contribution in [1.29, 1.82) is 0 Å². The average Bonchev–Trinajstić information content (AvgIpc) is 2.03. The number of rotatable bonds is 1. The summed E-state index contributed by atoms with van der Waals surface area (Å²) in [5.74, 6) is -0.0696. The van der Waals surface area contributed by atoms with E-state index in [2.05, 4.69) is 0 Å². The second-order valence-electron chi connectivity index (χ2n) is 2.38. The molecule has 2 nitrogen and oxygen atoms in total. The molecule has 6 heteroatoms. The zero-order valence-corrected chi connectivity index (χ0v) is 7.04. The third kappa shape index (κ3) is 2.24. The van der Waals surface area contributed by atoms with Crippen molar-refractivity contribution in [3.05, 3.63) is 33.7 Å². The average molecular weight is 212 g/mol. The zero-order valence-electron chi connectivity index (χ0n) is 6.28. The molecule has 13 heavy (non-hydrogen) atoms. The van der Waals surface area contributed by atoms with E-state index in [0.29, 0.717) is 0 Å². The van der Waals surface area contributed by atoms with Gasteiger partial charge >= 0.3 is 6.18 Å². The van der Waals surface area contributed by atoms with Gasteiger partial charge in [0, 0.05) is 12.1 Å². The lowest BCUT2D eigenvalue weighted by atomic mass is 10.2. The second kappa shape index (κ2) is 3.41. The van der Waals surface area contributed by atoms with Crippen LogP contribution >= 0.6 is 11.6 Å². The Morgan fingerprint density at radius 1 is 1.46 bits per heavy atom. The standard InChI is InChI=1S/C7H5ClF3NO/c8-2-4-1-5(7(9,10)11)6(13)12-3-4/h1,3H,2H2,(H,12,13). The molecule has 0 aliphatic heterocycles. The van der Waals surface area contributed by atoms with Gasteiger partial charge in [-0.25, -0.2) is 0 Å². The minimum atomic E-state index is -4.63. The van der Waals surface area contributed by atoms with E-state index < -0.39 is 17.3 Å². The van der Waals surface area contributed by atoms with Crippen molar-refractivity contribution in [2.24, 2.45) is 0 Å². The fourth-order valence-electron chi connectivity index (χ4n) is 0.816. The van der Waals surface area contributed by atoms with Crippen molar-refractivity contribution in [2.45, 2.75) is 12.1 Å². The lowest BCUT2D eigenvalue weighted by Gasteiger charge is -2.05. The summed E-state index contributed by atoms with van der Waals surface area (Å²) >= 11 is 5.31. The first kappa shape index (κ1) is 10.1. The second-order valence-corrected chi connectivity index (χ2v) is 2.65. The quantitative estimate of drug-likeness (QED) is 0.710. The van der Waals surface area contributed by atoms with Crippen molar-refractivity contribution < 1.29 is 13.2 Å². The van der Waals surface area contributed by atoms with Crippen LogP contribution in [0.3, 0.4) is 0 Å². The first-order chi connectivity index (χ1) is 5.95. The van der Waals surface area contributed by atoms with Crippen molar-refractivity contribution >= 4 is 11.6 Å². The Morgan fingerprint density at radius 2 is 2.08 bits per heavy atom. The van der Waals surface area contributed by atoms with Crippen molar-refractivity contribution in [1.82, 2.24) is 4.98 Å². The van der Waals surface area contributed by atoms with Gasteiger partial charge in [0.25, 0.3) is 5.56 Å². The van der Waals surface area contributed by atoms with Gasteiger partial charge in [0.05, 0.1) is 0 Å². The highest BCUT2D eigenvalue weighted by atomic mass is 35.5. The maximum absolute atomic E-state index is 12.1. The van der Waals surface area contributed by atoms with Gasteiger partial charge in [0.2, 0.25) is 0 Å². The summed E-state index contributed by atoms with van der Waals surface area (Å²) in [7, 11) is 0. The van der Waals surface area contributed by atoms with Crippen LogP contribution in [0.15, 0.2) is 17.1 Å². The summed E-state index contributed by atoms with van der Waals surface area (Å²) in [6.45, 7) is 0. The van der Waals surface area contributed by atoms with Crippen LogP contribution in [0.25, 0.3) is 0 Å². The first-order valence-electron chi connectivity index (χ1n) is 3.30. The molecule has 0 radical (unpaired) electrons. The highest BCUT2D eigenvalue weighted by Crippen LogP contribution is 2.26. The van der Waals surface area contributed by atoms with Crippen molar-refractivity contribution in [3.8, 4) is 0 Å². The van der Waals surface area contributed by atoms with Gasteiger partial charge in [-0.1, -0.05) is 0 Å². The van der Waals surface area contributed by atoms with E-state index in [1.807, 2.05) is 4.98 Å². The van der Waals surface area contributed by atoms with Crippen LogP contribution in [-0.2, 0) is 12.1 Å². The molecule has 0 amide bonds. The molecule has 0 saturated carbocycles. The number of H-pyrrole nitrogens is 1. The minimum Gasteiger partial charge on any atom is -0.328 e. The SMILES string of the molecule is O=c1[nH]cc(CCl)cc1C(F)(F)F. The van der Waals surface area contributed by atoms with Gasteiger partial charge < -0.3 is 4.98 Å². The number of aromatic amines is 1. The minimum absolute atomic E-state index is 0.0696. The van der Waals surface area contributed by atoms with Crippen LogP contribution in [0, 0.1) is 0 Å². The van der Waals surface area contributed by atoms with E-state index in [4.69, 9.17) is 11.6 Å². The largest absolute Gasteiger partial charge is 0.421 e. The smallest absolute Gasteiger partial charge is 0.328 e. The molecule has 0 bridgehead atoms. The van der Waals surface area contributed by atoms with E-state index in [0.717, 1.165) is 12.3 Å². The fraction of sp³-hybridized carbons (Fsp3) is 0.286. The molecule has 0 aromatic carbocycles. The van der Waals surface area contributed by atoms with Gasteiger partial charge in [-0.2, -0.15) is 13.2 Å². The Balaban J connectivity index is 3.28. The number of alkyl halides is 4. The van der Waals surface area contributed by atoms with E-state index in [1.165, 1.54) is 0 Å². The molecule has 1 heterocycles. The Hall–Kier alpha value is -0.970. The van der Waals surface area contributed by atoms with Crippen LogP contribution in [0.5, 0.6) is 0 Å². The molecule has 0 aliphatic carbocycles. The monoisotopic (exact) mass is 211 g/mol. The van der Waals surface area contributed by atoms with Crippen LogP contribution in [0.1, 0.15) is 11.1 Å². The van der Waals surface area contributed by atoms with Gasteiger partial charge in [-0.3, -0.25) is 4.79 Å². The third-order valence-corrected chi connectivity index (χ3v) is 1.73. The highest BCUT2D eigenvalue weighted by Gasteiger charge is 2.33. The first-order valence-corrected chi connectivity index (χ1v) is 3.83. The van der Waals surface area contributed by atoms with E-state index in [9.17, 15) is 18.0 Å². The molecule has 0 unspecified atom stereocenters. The zero-order chi connectivity index (χ0) is 10.1. The summed E-state index contributed by atoms with van der Waals surface area (Å²) in [6.07, 6.45) is -3.47. The molecule has 72 valence electrons. The van der Waals surface area contributed by atoms with Gasteiger partial charge in [-0.05, 0) is 11.6 Å². The third-order valence-electron chi connectivity index (χ3n) is 1.42. The van der Waals surface area contributed by atoms with Crippen LogP contribution in [0.2, 0.25) is 0 Å². The molecule has 0 saturated heterocycles. The Bertz CT molecular complexity index is 357. The van der Waals surface area contributed by atoms with Crippen LogP contribution in [0.4, 0.5) is 13.2 Å². The predicted octanol–water partition coefficient (Wildman–Crippen LogP) is 2.13. The summed E-state index contributed by atoms with van der Waals surface area (Å²) in [4.78, 5) is 12.7. The fourth-order valence-corrected chi connectivity index (χ4v) is 0.971. The summed E-state index contributed by atoms with van der Waals surface area (Å²) < 4.78 is 36.3. The predicted molar refractivity (Wildman–Crippen MR) is 41.6 cm³/mol. The number of hydrogen-bond acceptors (Lipinski definition) is 1. The summed E-state index contributed by atoms with van der Waals surface area (Å²) in [6, 6.07) is 0.742. The Kier molecular flexibility index (Phi) is 2.66. The molecule has 1 aromatic heterocycles. The molecule has 0 atom stereocenters. The molecule has 0 spiro atoms. The molecular formula is C7H5ClF3NO. The van der Waals surface area contributed by atoms with Gasteiger partial charge in [0.1, 0.15) is 5.56 Å². The molecule has 1 N–H and O–H groups in total.